The van der Waals surface area contributed by atoms with Crippen LogP contribution in [-0.4, -0.2) is 29.8 Å². The number of H-pyrrole nitrogens is 1. The Hall–Kier alpha value is -1.81. The minimum Gasteiger partial charge on any atom is -0.385 e. The fourth-order valence-corrected chi connectivity index (χ4v) is 2.57. The summed E-state index contributed by atoms with van der Waals surface area (Å²) in [5.74, 6) is 0.740. The van der Waals surface area contributed by atoms with Crippen LogP contribution in [0.2, 0.25) is 0 Å². The lowest BCUT2D eigenvalue weighted by Gasteiger charge is -2.23. The normalized spacial score (nSPS) is 19.3. The van der Waals surface area contributed by atoms with Crippen LogP contribution in [0, 0.1) is 5.92 Å². The predicted molar refractivity (Wildman–Crippen MR) is 78.1 cm³/mol. The predicted octanol–water partition coefficient (Wildman–Crippen LogP) is 2.49. The van der Waals surface area contributed by atoms with Gasteiger partial charge in [-0.05, 0) is 50.0 Å². The first-order valence-electron chi connectivity index (χ1n) is 6.96. The number of piperidine rings is 1. The summed E-state index contributed by atoms with van der Waals surface area (Å²) in [6, 6.07) is 10.5. The first-order valence-corrected chi connectivity index (χ1v) is 6.96. The number of hydrogen-bond donors (Lipinski definition) is 3. The molecule has 1 saturated heterocycles. The van der Waals surface area contributed by atoms with E-state index in [-0.39, 0.29) is 0 Å². The Kier molecular flexibility index (Phi) is 3.79. The summed E-state index contributed by atoms with van der Waals surface area (Å²) in [6.07, 6.45) is 4.39. The van der Waals surface area contributed by atoms with Gasteiger partial charge in [-0.1, -0.05) is 12.1 Å². The lowest BCUT2D eigenvalue weighted by molar-refractivity contribution is 0.393. The Balaban J connectivity index is 1.63. The van der Waals surface area contributed by atoms with E-state index in [1.54, 1.807) is 6.20 Å². The molecule has 0 spiro atoms. The number of aromatic nitrogens is 2. The van der Waals surface area contributed by atoms with Gasteiger partial charge >= 0.3 is 0 Å². The summed E-state index contributed by atoms with van der Waals surface area (Å²) in [4.78, 5) is 0. The lowest BCUT2D eigenvalue weighted by atomic mass is 9.99. The van der Waals surface area contributed by atoms with E-state index in [0.717, 1.165) is 24.7 Å². The summed E-state index contributed by atoms with van der Waals surface area (Å²) in [5.41, 5.74) is 3.41. The van der Waals surface area contributed by atoms with E-state index >= 15 is 0 Å². The minimum absolute atomic E-state index is 0.740. The molecule has 0 aliphatic carbocycles. The number of aromatic amines is 1. The second-order valence-electron chi connectivity index (χ2n) is 5.14. The molecule has 0 radical (unpaired) electrons. The van der Waals surface area contributed by atoms with Crippen LogP contribution in [0.5, 0.6) is 0 Å². The summed E-state index contributed by atoms with van der Waals surface area (Å²) < 4.78 is 0. The van der Waals surface area contributed by atoms with E-state index in [1.165, 1.54) is 30.6 Å². The molecule has 2 aromatic rings. The van der Waals surface area contributed by atoms with Crippen LogP contribution in [0.3, 0.4) is 0 Å². The van der Waals surface area contributed by atoms with Crippen molar-refractivity contribution < 1.29 is 0 Å². The molecule has 100 valence electrons. The van der Waals surface area contributed by atoms with Crippen LogP contribution in [0.4, 0.5) is 5.69 Å². The fraction of sp³-hybridized carbons (Fsp3) is 0.400. The van der Waals surface area contributed by atoms with Crippen molar-refractivity contribution in [3.05, 3.63) is 36.5 Å². The molecule has 19 heavy (non-hydrogen) atoms. The number of anilines is 1. The molecule has 4 heteroatoms. The third-order valence-electron chi connectivity index (χ3n) is 3.67. The fourth-order valence-electron chi connectivity index (χ4n) is 2.57. The van der Waals surface area contributed by atoms with E-state index in [1.807, 2.05) is 6.07 Å². The zero-order valence-corrected chi connectivity index (χ0v) is 11.0. The molecular weight excluding hydrogens is 236 g/mol. The second kappa shape index (κ2) is 5.89. The van der Waals surface area contributed by atoms with Gasteiger partial charge in [0.2, 0.25) is 0 Å². The molecule has 1 aliphatic heterocycles. The second-order valence-corrected chi connectivity index (χ2v) is 5.14. The minimum atomic E-state index is 0.740. The van der Waals surface area contributed by atoms with Gasteiger partial charge in [0.1, 0.15) is 0 Å². The van der Waals surface area contributed by atoms with E-state index < -0.39 is 0 Å². The topological polar surface area (TPSA) is 52.7 Å². The molecule has 4 nitrogen and oxygen atoms in total. The largest absolute Gasteiger partial charge is 0.385 e. The van der Waals surface area contributed by atoms with Crippen molar-refractivity contribution in [2.24, 2.45) is 5.92 Å². The van der Waals surface area contributed by atoms with E-state index in [0.29, 0.717) is 0 Å². The first kappa shape index (κ1) is 12.2. The third-order valence-corrected chi connectivity index (χ3v) is 3.67. The molecule has 0 amide bonds. The van der Waals surface area contributed by atoms with Gasteiger partial charge in [-0.3, -0.25) is 5.10 Å². The lowest BCUT2D eigenvalue weighted by Crippen LogP contribution is -2.33. The van der Waals surface area contributed by atoms with Gasteiger partial charge in [0.15, 0.2) is 0 Å². The Morgan fingerprint density at radius 2 is 2.32 bits per heavy atom. The third kappa shape index (κ3) is 3.15. The Morgan fingerprint density at radius 3 is 3.11 bits per heavy atom. The maximum absolute atomic E-state index is 3.99. The zero-order valence-electron chi connectivity index (χ0n) is 11.0. The highest BCUT2D eigenvalue weighted by Crippen LogP contribution is 2.21. The van der Waals surface area contributed by atoms with Crippen molar-refractivity contribution in [3.63, 3.8) is 0 Å². The highest BCUT2D eigenvalue weighted by Gasteiger charge is 2.12. The van der Waals surface area contributed by atoms with Crippen molar-refractivity contribution in [1.29, 1.82) is 0 Å². The number of hydrogen-bond acceptors (Lipinski definition) is 3. The Bertz CT molecular complexity index is 501. The molecule has 1 aromatic carbocycles. The summed E-state index contributed by atoms with van der Waals surface area (Å²) in [5, 5.41) is 14.0. The molecule has 3 N–H and O–H groups in total. The quantitative estimate of drug-likeness (QED) is 0.787. The van der Waals surface area contributed by atoms with E-state index in [9.17, 15) is 0 Å². The van der Waals surface area contributed by atoms with Crippen molar-refractivity contribution in [2.75, 3.05) is 25.0 Å². The highest BCUT2D eigenvalue weighted by molar-refractivity contribution is 5.64. The molecule has 1 aliphatic rings. The van der Waals surface area contributed by atoms with Crippen LogP contribution < -0.4 is 10.6 Å². The molecule has 0 bridgehead atoms. The molecule has 3 rings (SSSR count). The van der Waals surface area contributed by atoms with Crippen molar-refractivity contribution in [2.45, 2.75) is 12.8 Å². The summed E-state index contributed by atoms with van der Waals surface area (Å²) in [7, 11) is 0. The molecule has 1 unspecified atom stereocenters. The van der Waals surface area contributed by atoms with Gasteiger partial charge in [-0.25, -0.2) is 0 Å². The van der Waals surface area contributed by atoms with Gasteiger partial charge in [0.05, 0.1) is 5.69 Å². The van der Waals surface area contributed by atoms with Gasteiger partial charge in [-0.15, -0.1) is 0 Å². The summed E-state index contributed by atoms with van der Waals surface area (Å²) >= 11 is 0. The SMILES string of the molecule is c1cc(NCC2CCCNC2)cc(-c2ccn[nH]2)c1. The van der Waals surface area contributed by atoms with Crippen molar-refractivity contribution in [1.82, 2.24) is 15.5 Å². The molecule has 1 fully saturated rings. The average Bonchev–Trinajstić information content (AvgIpc) is 3.01. The molecule has 1 atom stereocenters. The highest BCUT2D eigenvalue weighted by atomic mass is 15.1. The van der Waals surface area contributed by atoms with Gasteiger partial charge < -0.3 is 10.6 Å². The van der Waals surface area contributed by atoms with Crippen molar-refractivity contribution in [3.8, 4) is 11.3 Å². The molecular formula is C15H20N4. The molecule has 1 aromatic heterocycles. The number of benzene rings is 1. The number of nitrogens with one attached hydrogen (secondary N) is 3. The standard InChI is InChI=1S/C15H20N4/c1-4-13(15-6-8-18-19-15)9-14(5-1)17-11-12-3-2-7-16-10-12/h1,4-6,8-9,12,16-17H,2-3,7,10-11H2,(H,18,19). The Morgan fingerprint density at radius 1 is 1.32 bits per heavy atom. The van der Waals surface area contributed by atoms with Crippen LogP contribution in [0.1, 0.15) is 12.8 Å². The average molecular weight is 256 g/mol. The van der Waals surface area contributed by atoms with Gasteiger partial charge in [0.25, 0.3) is 0 Å². The number of nitrogens with zero attached hydrogens (tertiary/aromatic N) is 1. The van der Waals surface area contributed by atoms with Crippen LogP contribution in [0.15, 0.2) is 36.5 Å². The Labute approximate surface area is 113 Å². The molecule has 0 saturated carbocycles. The van der Waals surface area contributed by atoms with E-state index in [4.69, 9.17) is 0 Å². The van der Waals surface area contributed by atoms with Crippen LogP contribution in [-0.2, 0) is 0 Å². The smallest absolute Gasteiger partial charge is 0.0650 e. The number of rotatable bonds is 4. The van der Waals surface area contributed by atoms with Crippen LogP contribution >= 0.6 is 0 Å². The molecule has 2 heterocycles. The van der Waals surface area contributed by atoms with Crippen molar-refractivity contribution >= 4 is 5.69 Å². The maximum atomic E-state index is 3.99. The maximum Gasteiger partial charge on any atom is 0.0650 e. The first-order chi connectivity index (χ1) is 9.42. The monoisotopic (exact) mass is 256 g/mol. The van der Waals surface area contributed by atoms with E-state index in [2.05, 4.69) is 45.1 Å². The summed E-state index contributed by atoms with van der Waals surface area (Å²) in [6.45, 7) is 3.35. The van der Waals surface area contributed by atoms with Gasteiger partial charge in [0, 0.05) is 24.0 Å². The van der Waals surface area contributed by atoms with Crippen LogP contribution in [0.25, 0.3) is 11.3 Å². The van der Waals surface area contributed by atoms with Gasteiger partial charge in [-0.2, -0.15) is 5.10 Å². The zero-order chi connectivity index (χ0) is 12.9.